The molecule has 2 nitrogen and oxygen atoms in total. The van der Waals surface area contributed by atoms with Gasteiger partial charge >= 0.3 is 0 Å². The smallest absolute Gasteiger partial charge is 0.119 e. The van der Waals surface area contributed by atoms with E-state index in [1.54, 1.807) is 0 Å². The van der Waals surface area contributed by atoms with Crippen molar-refractivity contribution in [2.24, 2.45) is 0 Å². The first kappa shape index (κ1) is 13.0. The Morgan fingerprint density at radius 2 is 2.00 bits per heavy atom. The van der Waals surface area contributed by atoms with Crippen LogP contribution < -0.4 is 10.1 Å². The summed E-state index contributed by atoms with van der Waals surface area (Å²) in [6.07, 6.45) is 1.15. The van der Waals surface area contributed by atoms with Crippen LogP contribution in [0, 0.1) is 0 Å². The number of rotatable bonds is 6. The summed E-state index contributed by atoms with van der Waals surface area (Å²) in [6.45, 7) is 9.32. The molecule has 0 aliphatic heterocycles. The molecule has 1 aromatic rings. The van der Waals surface area contributed by atoms with Gasteiger partial charge in [0.1, 0.15) is 5.75 Å². The van der Waals surface area contributed by atoms with Crippen molar-refractivity contribution in [3.63, 3.8) is 0 Å². The molecule has 0 saturated heterocycles. The van der Waals surface area contributed by atoms with Crippen LogP contribution in [0.2, 0.25) is 0 Å². The van der Waals surface area contributed by atoms with Gasteiger partial charge in [-0.1, -0.05) is 19.1 Å². The highest BCUT2D eigenvalue weighted by Crippen LogP contribution is 2.19. The van der Waals surface area contributed by atoms with Gasteiger partial charge in [-0.3, -0.25) is 0 Å². The molecular formula is C14H23NO. The molecule has 0 radical (unpaired) electrons. The first-order valence-electron chi connectivity index (χ1n) is 6.16. The second-order valence-corrected chi connectivity index (χ2v) is 4.20. The summed E-state index contributed by atoms with van der Waals surface area (Å²) in [5, 5.41) is 3.56. The zero-order valence-electron chi connectivity index (χ0n) is 10.8. The minimum Gasteiger partial charge on any atom is -0.494 e. The average Bonchev–Trinajstić information content (AvgIpc) is 2.29. The second-order valence-electron chi connectivity index (χ2n) is 4.20. The first-order valence-corrected chi connectivity index (χ1v) is 6.16. The van der Waals surface area contributed by atoms with E-state index in [-0.39, 0.29) is 0 Å². The second kappa shape index (κ2) is 6.54. The lowest BCUT2D eigenvalue weighted by Gasteiger charge is -2.19. The Kier molecular flexibility index (Phi) is 5.33. The molecule has 0 aliphatic rings. The van der Waals surface area contributed by atoms with Gasteiger partial charge in [0.15, 0.2) is 0 Å². The zero-order valence-corrected chi connectivity index (χ0v) is 10.8. The summed E-state index contributed by atoms with van der Waals surface area (Å²) < 4.78 is 5.50. The molecule has 2 heteroatoms. The van der Waals surface area contributed by atoms with E-state index in [1.165, 1.54) is 5.56 Å². The topological polar surface area (TPSA) is 21.3 Å². The number of hydrogen-bond acceptors (Lipinski definition) is 2. The fourth-order valence-electron chi connectivity index (χ4n) is 1.68. The molecule has 0 unspecified atom stereocenters. The number of benzene rings is 1. The molecule has 90 valence electrons. The first-order chi connectivity index (χ1) is 7.67. The van der Waals surface area contributed by atoms with E-state index in [4.69, 9.17) is 4.74 Å². The van der Waals surface area contributed by atoms with Crippen molar-refractivity contribution in [2.75, 3.05) is 6.61 Å². The molecule has 0 spiro atoms. The van der Waals surface area contributed by atoms with Gasteiger partial charge in [0.2, 0.25) is 0 Å². The molecule has 16 heavy (non-hydrogen) atoms. The van der Waals surface area contributed by atoms with E-state index in [9.17, 15) is 0 Å². The Morgan fingerprint density at radius 3 is 2.62 bits per heavy atom. The fourth-order valence-corrected chi connectivity index (χ4v) is 1.68. The SMILES string of the molecule is CCOc1cccc([C@@H](C)N[C@@H](C)CC)c1. The van der Waals surface area contributed by atoms with Crippen molar-refractivity contribution in [3.05, 3.63) is 29.8 Å². The van der Waals surface area contributed by atoms with Gasteiger partial charge in [-0.25, -0.2) is 0 Å². The highest BCUT2D eigenvalue weighted by atomic mass is 16.5. The molecule has 0 aliphatic carbocycles. The van der Waals surface area contributed by atoms with Crippen LogP contribution >= 0.6 is 0 Å². The molecule has 1 aromatic carbocycles. The van der Waals surface area contributed by atoms with Crippen molar-refractivity contribution in [3.8, 4) is 5.75 Å². The van der Waals surface area contributed by atoms with Gasteiger partial charge in [0.25, 0.3) is 0 Å². The highest BCUT2D eigenvalue weighted by Gasteiger charge is 2.08. The van der Waals surface area contributed by atoms with Gasteiger partial charge in [0, 0.05) is 12.1 Å². The van der Waals surface area contributed by atoms with E-state index in [1.807, 2.05) is 13.0 Å². The summed E-state index contributed by atoms with van der Waals surface area (Å²) in [5.74, 6) is 0.956. The van der Waals surface area contributed by atoms with E-state index in [2.05, 4.69) is 44.3 Å². The van der Waals surface area contributed by atoms with Crippen LogP contribution in [0.25, 0.3) is 0 Å². The van der Waals surface area contributed by atoms with Crippen LogP contribution in [0.15, 0.2) is 24.3 Å². The Hall–Kier alpha value is -1.02. The average molecular weight is 221 g/mol. The van der Waals surface area contributed by atoms with Gasteiger partial charge in [-0.05, 0) is 44.9 Å². The molecule has 1 N–H and O–H groups in total. The van der Waals surface area contributed by atoms with Crippen LogP contribution in [0.3, 0.4) is 0 Å². The molecule has 0 bridgehead atoms. The van der Waals surface area contributed by atoms with Crippen molar-refractivity contribution in [1.29, 1.82) is 0 Å². The lowest BCUT2D eigenvalue weighted by Crippen LogP contribution is -2.28. The monoisotopic (exact) mass is 221 g/mol. The van der Waals surface area contributed by atoms with Gasteiger partial charge in [0.05, 0.1) is 6.61 Å². The van der Waals surface area contributed by atoms with Crippen LogP contribution in [0.4, 0.5) is 0 Å². The third-order valence-electron chi connectivity index (χ3n) is 2.82. The predicted molar refractivity (Wildman–Crippen MR) is 68.9 cm³/mol. The van der Waals surface area contributed by atoms with Crippen LogP contribution in [-0.2, 0) is 0 Å². The summed E-state index contributed by atoms with van der Waals surface area (Å²) in [6, 6.07) is 9.23. The minimum atomic E-state index is 0.371. The highest BCUT2D eigenvalue weighted by molar-refractivity contribution is 5.30. The molecule has 0 amide bonds. The molecule has 0 saturated carbocycles. The molecule has 1 rings (SSSR count). The molecule has 0 fully saturated rings. The van der Waals surface area contributed by atoms with Crippen molar-refractivity contribution in [1.82, 2.24) is 5.32 Å². The standard InChI is InChI=1S/C14H23NO/c1-5-11(3)15-12(4)13-8-7-9-14(10-13)16-6-2/h7-12,15H,5-6H2,1-4H3/t11-,12+/m0/s1. The van der Waals surface area contributed by atoms with Gasteiger partial charge in [-0.2, -0.15) is 0 Å². The number of nitrogens with one attached hydrogen (secondary N) is 1. The summed E-state index contributed by atoms with van der Waals surface area (Å²) in [7, 11) is 0. The molecular weight excluding hydrogens is 198 g/mol. The molecule has 0 aromatic heterocycles. The maximum absolute atomic E-state index is 5.50. The summed E-state index contributed by atoms with van der Waals surface area (Å²) >= 11 is 0. The lowest BCUT2D eigenvalue weighted by molar-refractivity contribution is 0.339. The predicted octanol–water partition coefficient (Wildman–Crippen LogP) is 3.53. The van der Waals surface area contributed by atoms with E-state index in [0.29, 0.717) is 12.1 Å². The Morgan fingerprint density at radius 1 is 1.25 bits per heavy atom. The lowest BCUT2D eigenvalue weighted by atomic mass is 10.1. The van der Waals surface area contributed by atoms with Crippen molar-refractivity contribution >= 4 is 0 Å². The quantitative estimate of drug-likeness (QED) is 0.793. The van der Waals surface area contributed by atoms with Crippen LogP contribution in [0.5, 0.6) is 5.75 Å². The maximum Gasteiger partial charge on any atom is 0.119 e. The van der Waals surface area contributed by atoms with Crippen LogP contribution in [-0.4, -0.2) is 12.6 Å². The Labute approximate surface area is 99.0 Å². The van der Waals surface area contributed by atoms with Gasteiger partial charge in [-0.15, -0.1) is 0 Å². The van der Waals surface area contributed by atoms with E-state index in [0.717, 1.165) is 18.8 Å². The number of ether oxygens (including phenoxy) is 1. The van der Waals surface area contributed by atoms with Crippen LogP contribution in [0.1, 0.15) is 45.7 Å². The molecule has 2 atom stereocenters. The van der Waals surface area contributed by atoms with Gasteiger partial charge < -0.3 is 10.1 Å². The largest absolute Gasteiger partial charge is 0.494 e. The summed E-state index contributed by atoms with van der Waals surface area (Å²) in [4.78, 5) is 0. The van der Waals surface area contributed by atoms with E-state index >= 15 is 0 Å². The fraction of sp³-hybridized carbons (Fsp3) is 0.571. The zero-order chi connectivity index (χ0) is 12.0. The Balaban J connectivity index is 2.67. The molecule has 0 heterocycles. The normalized spacial score (nSPS) is 14.5. The van der Waals surface area contributed by atoms with Crippen molar-refractivity contribution < 1.29 is 4.74 Å². The minimum absolute atomic E-state index is 0.371. The van der Waals surface area contributed by atoms with Crippen molar-refractivity contribution in [2.45, 2.75) is 46.2 Å². The Bertz CT molecular complexity index is 311. The third-order valence-corrected chi connectivity index (χ3v) is 2.82. The number of hydrogen-bond donors (Lipinski definition) is 1. The third kappa shape index (κ3) is 3.86. The summed E-state index contributed by atoms with van der Waals surface area (Å²) in [5.41, 5.74) is 1.28. The maximum atomic E-state index is 5.50. The van der Waals surface area contributed by atoms with E-state index < -0.39 is 0 Å².